The van der Waals surface area contributed by atoms with Crippen molar-refractivity contribution in [3.05, 3.63) is 170 Å². The number of rotatable bonds is 47. The average molecular weight is 1010 g/mol. The first-order valence-electron chi connectivity index (χ1n) is 27.3. The van der Waals surface area contributed by atoms with Crippen molar-refractivity contribution in [1.29, 1.82) is 0 Å². The van der Waals surface area contributed by atoms with E-state index in [2.05, 4.69) is 166 Å². The maximum Gasteiger partial charge on any atom is 0.361 e. The van der Waals surface area contributed by atoms with Crippen LogP contribution in [0.1, 0.15) is 155 Å². The molecule has 0 aliphatic heterocycles. The third kappa shape index (κ3) is 54.3. The van der Waals surface area contributed by atoms with E-state index in [9.17, 15) is 19.5 Å². The summed E-state index contributed by atoms with van der Waals surface area (Å²) in [5, 5.41) is 9.67. The minimum atomic E-state index is -1.55. The Morgan fingerprint density at radius 3 is 1.16 bits per heavy atom. The van der Waals surface area contributed by atoms with Crippen molar-refractivity contribution < 1.29 is 42.9 Å². The van der Waals surface area contributed by atoms with Crippen molar-refractivity contribution in [1.82, 2.24) is 0 Å². The second-order valence-corrected chi connectivity index (χ2v) is 18.4. The Morgan fingerprint density at radius 2 is 0.781 bits per heavy atom. The molecule has 0 radical (unpaired) electrons. The van der Waals surface area contributed by atoms with Crippen LogP contribution in [0.4, 0.5) is 0 Å². The van der Waals surface area contributed by atoms with Gasteiger partial charge < -0.3 is 28.5 Å². The van der Waals surface area contributed by atoms with E-state index in [4.69, 9.17) is 18.9 Å². The van der Waals surface area contributed by atoms with Gasteiger partial charge in [-0.1, -0.05) is 203 Å². The molecule has 1 N–H and O–H groups in total. The summed E-state index contributed by atoms with van der Waals surface area (Å²) in [5.41, 5.74) is 0. The molecule has 0 heterocycles. The topological polar surface area (TPSA) is 108 Å². The van der Waals surface area contributed by atoms with E-state index in [1.807, 2.05) is 33.3 Å². The number of hydrogen-bond acceptors (Lipinski definition) is 7. The first kappa shape index (κ1) is 67.6. The zero-order valence-electron chi connectivity index (χ0n) is 46.0. The van der Waals surface area contributed by atoms with Crippen molar-refractivity contribution in [2.45, 2.75) is 167 Å². The molecule has 0 spiro atoms. The van der Waals surface area contributed by atoms with Crippen LogP contribution in [-0.4, -0.2) is 87.4 Å². The summed E-state index contributed by atoms with van der Waals surface area (Å²) < 4.78 is 22.6. The highest BCUT2D eigenvalue weighted by Crippen LogP contribution is 2.11. The molecular weight excluding hydrogens is 911 g/mol. The van der Waals surface area contributed by atoms with E-state index in [0.29, 0.717) is 23.9 Å². The first-order chi connectivity index (χ1) is 35.6. The number of carboxylic acids is 1. The van der Waals surface area contributed by atoms with Crippen molar-refractivity contribution in [2.24, 2.45) is 0 Å². The maximum atomic E-state index is 12.8. The Balaban J connectivity index is 4.41. The lowest BCUT2D eigenvalue weighted by Crippen LogP contribution is -2.40. The standard InChI is InChI=1S/C64H97NO8/c1-6-8-10-12-14-16-18-20-22-23-24-25-26-27-28-29-30-31-32-33-34-35-36-37-38-39-41-43-45-47-49-51-53-55-62(67)73-60(59-72-64(63(68)69)70-57-56-65(3,4)5)58-71-61(66)54-52-50-48-46-44-42-40-21-19-17-15-13-11-9-7-2/h8-11,14-17,20-22,24-25,27-28,30-31,33-34,36-37,39-41,44,46,50,52,60,64H,6-7,12-13,18-19,23,26,29,32,35,38,42-43,45,47-49,51,53-59H2,1-5H3/p+1/b10-8-,11-9-,16-14-,17-15-,22-20-,25-24-,28-27-,31-30-,34-33-,37-36-,40-21-,41-39-,46-44-,52-50-. The number of unbranched alkanes of at least 4 members (excludes halogenated alkanes) is 5. The number of carboxylic acid groups (broad SMARTS) is 1. The predicted octanol–water partition coefficient (Wildman–Crippen LogP) is 16.0. The number of nitrogens with zero attached hydrogens (tertiary/aromatic N) is 1. The molecule has 0 amide bonds. The number of aliphatic carboxylic acids is 1. The van der Waals surface area contributed by atoms with Crippen LogP contribution in [0.5, 0.6) is 0 Å². The largest absolute Gasteiger partial charge is 0.477 e. The molecule has 0 bridgehead atoms. The van der Waals surface area contributed by atoms with Gasteiger partial charge in [0.05, 0.1) is 40.8 Å². The number of ether oxygens (including phenoxy) is 4. The van der Waals surface area contributed by atoms with Gasteiger partial charge in [0.2, 0.25) is 0 Å². The molecule has 0 saturated heterocycles. The normalized spacial score (nSPS) is 14.2. The maximum absolute atomic E-state index is 12.8. The highest BCUT2D eigenvalue weighted by atomic mass is 16.7. The van der Waals surface area contributed by atoms with Crippen LogP contribution in [0.25, 0.3) is 0 Å². The van der Waals surface area contributed by atoms with E-state index in [-0.39, 0.29) is 32.7 Å². The Labute approximate surface area is 444 Å². The zero-order chi connectivity index (χ0) is 53.4. The fraction of sp³-hybridized carbons (Fsp3) is 0.516. The number of carbonyl (C=O) groups excluding carboxylic acids is 2. The molecule has 406 valence electrons. The lowest BCUT2D eigenvalue weighted by atomic mass is 10.1. The fourth-order valence-corrected chi connectivity index (χ4v) is 6.37. The van der Waals surface area contributed by atoms with Gasteiger partial charge in [-0.3, -0.25) is 9.59 Å². The summed E-state index contributed by atoms with van der Waals surface area (Å²) in [6, 6.07) is 0. The Bertz CT molecular complexity index is 1790. The summed E-state index contributed by atoms with van der Waals surface area (Å²) in [7, 11) is 5.91. The second kappa shape index (κ2) is 53.0. The molecule has 0 aromatic heterocycles. The van der Waals surface area contributed by atoms with Crippen LogP contribution < -0.4 is 0 Å². The SMILES string of the molecule is CC/C=C\C/C=C\C/C=C\C/C=C\C/C=C\C/C=C\C/C=C\C/C=C\C/C=C\CCCCCCCC(=O)OC(COC(=O)C/C=C\C/C=C\C/C=C\C/C=C\C/C=C\CC)COC(OCC[N+](C)(C)C)C(=O)O. The molecule has 0 aromatic rings. The lowest BCUT2D eigenvalue weighted by molar-refractivity contribution is -0.870. The molecule has 0 fully saturated rings. The van der Waals surface area contributed by atoms with Crippen LogP contribution in [0, 0.1) is 0 Å². The van der Waals surface area contributed by atoms with E-state index < -0.39 is 30.3 Å². The van der Waals surface area contributed by atoms with Crippen molar-refractivity contribution in [3.63, 3.8) is 0 Å². The van der Waals surface area contributed by atoms with E-state index in [0.717, 1.165) is 116 Å². The summed E-state index contributed by atoms with van der Waals surface area (Å²) in [5.74, 6) is -2.22. The monoisotopic (exact) mass is 1010 g/mol. The van der Waals surface area contributed by atoms with Gasteiger partial charge in [-0.15, -0.1) is 0 Å². The molecule has 9 heteroatoms. The Kier molecular flexibility index (Phi) is 49.1. The van der Waals surface area contributed by atoms with Crippen molar-refractivity contribution in [3.8, 4) is 0 Å². The molecule has 73 heavy (non-hydrogen) atoms. The third-order valence-corrected chi connectivity index (χ3v) is 10.5. The molecular formula is C64H98NO8+. The van der Waals surface area contributed by atoms with Gasteiger partial charge in [-0.05, 0) is 109 Å². The van der Waals surface area contributed by atoms with Gasteiger partial charge in [0.25, 0.3) is 6.29 Å². The Morgan fingerprint density at radius 1 is 0.425 bits per heavy atom. The van der Waals surface area contributed by atoms with Gasteiger partial charge in [0, 0.05) is 6.42 Å². The van der Waals surface area contributed by atoms with Crippen molar-refractivity contribution in [2.75, 3.05) is 47.5 Å². The lowest BCUT2D eigenvalue weighted by Gasteiger charge is -2.25. The van der Waals surface area contributed by atoms with Crippen LogP contribution in [0.15, 0.2) is 170 Å². The summed E-state index contributed by atoms with van der Waals surface area (Å²) in [4.78, 5) is 37.2. The fourth-order valence-electron chi connectivity index (χ4n) is 6.37. The number of quaternary nitrogens is 1. The minimum Gasteiger partial charge on any atom is -0.477 e. The van der Waals surface area contributed by atoms with Crippen LogP contribution >= 0.6 is 0 Å². The number of carbonyl (C=O) groups is 3. The van der Waals surface area contributed by atoms with Gasteiger partial charge in [0.15, 0.2) is 6.10 Å². The van der Waals surface area contributed by atoms with Crippen LogP contribution in [0.2, 0.25) is 0 Å². The zero-order valence-corrected chi connectivity index (χ0v) is 46.0. The van der Waals surface area contributed by atoms with Gasteiger partial charge in [-0.2, -0.15) is 0 Å². The smallest absolute Gasteiger partial charge is 0.361 e. The number of hydrogen-bond donors (Lipinski definition) is 1. The quantitative estimate of drug-likeness (QED) is 0.0211. The molecule has 0 saturated carbocycles. The summed E-state index contributed by atoms with van der Waals surface area (Å²) in [6.45, 7) is 4.46. The van der Waals surface area contributed by atoms with Crippen LogP contribution in [-0.2, 0) is 33.3 Å². The Hall–Kier alpha value is -5.35. The predicted molar refractivity (Wildman–Crippen MR) is 308 cm³/mol. The molecule has 0 aromatic carbocycles. The molecule has 0 aliphatic carbocycles. The minimum absolute atomic E-state index is 0.0545. The first-order valence-corrected chi connectivity index (χ1v) is 27.3. The summed E-state index contributed by atoms with van der Waals surface area (Å²) >= 11 is 0. The van der Waals surface area contributed by atoms with Gasteiger partial charge >= 0.3 is 17.9 Å². The number of esters is 2. The molecule has 0 aliphatic rings. The molecule has 2 atom stereocenters. The molecule has 2 unspecified atom stereocenters. The average Bonchev–Trinajstić information content (AvgIpc) is 3.36. The number of likely N-dealkylation sites (N-methyl/N-ethyl adjacent to an activating group) is 1. The number of allylic oxidation sites excluding steroid dienone is 27. The van der Waals surface area contributed by atoms with Gasteiger partial charge in [0.1, 0.15) is 13.2 Å². The van der Waals surface area contributed by atoms with E-state index in [1.54, 1.807) is 6.08 Å². The molecule has 0 rings (SSSR count). The highest BCUT2D eigenvalue weighted by molar-refractivity contribution is 5.72. The van der Waals surface area contributed by atoms with Gasteiger partial charge in [-0.25, -0.2) is 4.79 Å². The van der Waals surface area contributed by atoms with Crippen LogP contribution in [0.3, 0.4) is 0 Å². The van der Waals surface area contributed by atoms with Crippen molar-refractivity contribution >= 4 is 17.9 Å². The van der Waals surface area contributed by atoms with E-state index in [1.165, 1.54) is 0 Å². The molecule has 9 nitrogen and oxygen atoms in total. The third-order valence-electron chi connectivity index (χ3n) is 10.5. The second-order valence-electron chi connectivity index (χ2n) is 18.4. The summed E-state index contributed by atoms with van der Waals surface area (Å²) in [6.07, 6.45) is 77.5. The highest BCUT2D eigenvalue weighted by Gasteiger charge is 2.25. The van der Waals surface area contributed by atoms with E-state index >= 15 is 0 Å².